The summed E-state index contributed by atoms with van der Waals surface area (Å²) in [5, 5.41) is 13.5. The van der Waals surface area contributed by atoms with Gasteiger partial charge in [-0.3, -0.25) is 14.6 Å². The van der Waals surface area contributed by atoms with Crippen molar-refractivity contribution >= 4 is 22.2 Å². The lowest BCUT2D eigenvalue weighted by atomic mass is 9.88. The SMILES string of the molecule is COc1cccc([C@H](c2c(NC(C)=O)sc3c2CCCC3)N2CCN(CCO)CC2)c1. The largest absolute Gasteiger partial charge is 0.497 e. The van der Waals surface area contributed by atoms with E-state index in [0.717, 1.165) is 56.3 Å². The molecule has 6 nitrogen and oxygen atoms in total. The average Bonchev–Trinajstić information content (AvgIpc) is 3.12. The van der Waals surface area contributed by atoms with E-state index in [2.05, 4.69) is 33.3 Å². The summed E-state index contributed by atoms with van der Waals surface area (Å²) in [5.74, 6) is 0.837. The molecular formula is C24H33N3O3S. The van der Waals surface area contributed by atoms with E-state index in [4.69, 9.17) is 4.74 Å². The first kappa shape index (κ1) is 22.3. The number of benzene rings is 1. The third kappa shape index (κ3) is 4.95. The van der Waals surface area contributed by atoms with Gasteiger partial charge >= 0.3 is 0 Å². The number of aryl methyl sites for hydroxylation is 1. The molecule has 0 spiro atoms. The summed E-state index contributed by atoms with van der Waals surface area (Å²) < 4.78 is 5.54. The minimum Gasteiger partial charge on any atom is -0.497 e. The standard InChI is InChI=1S/C24H33N3O3S/c1-17(29)25-24-22(20-8-3-4-9-21(20)31-24)23(18-6-5-7-19(16-18)30-2)27-12-10-26(11-13-27)14-15-28/h5-7,16,23,28H,3-4,8-15H2,1-2H3,(H,25,29)/t23-/m1/s1. The fourth-order valence-corrected chi connectivity index (χ4v) is 6.26. The van der Waals surface area contributed by atoms with Crippen molar-refractivity contribution in [1.82, 2.24) is 9.80 Å². The van der Waals surface area contributed by atoms with E-state index in [9.17, 15) is 9.90 Å². The number of ether oxygens (including phenoxy) is 1. The molecule has 0 radical (unpaired) electrons. The fraction of sp³-hybridized carbons (Fsp3) is 0.542. The molecule has 0 saturated carbocycles. The summed E-state index contributed by atoms with van der Waals surface area (Å²) in [5.41, 5.74) is 3.91. The Morgan fingerprint density at radius 1 is 1.23 bits per heavy atom. The van der Waals surface area contributed by atoms with Gasteiger partial charge in [0.1, 0.15) is 10.8 Å². The average molecular weight is 444 g/mol. The first-order valence-electron chi connectivity index (χ1n) is 11.2. The number of nitrogens with one attached hydrogen (secondary N) is 1. The van der Waals surface area contributed by atoms with Crippen molar-refractivity contribution in [3.63, 3.8) is 0 Å². The van der Waals surface area contributed by atoms with Gasteiger partial charge in [-0.2, -0.15) is 0 Å². The highest BCUT2D eigenvalue weighted by Crippen LogP contribution is 2.46. The van der Waals surface area contributed by atoms with Gasteiger partial charge in [-0.05, 0) is 48.9 Å². The zero-order valence-electron chi connectivity index (χ0n) is 18.5. The summed E-state index contributed by atoms with van der Waals surface area (Å²) in [6, 6.07) is 8.43. The molecule has 1 fully saturated rings. The molecule has 0 unspecified atom stereocenters. The van der Waals surface area contributed by atoms with Crippen molar-refractivity contribution in [2.75, 3.05) is 51.8 Å². The number of anilines is 1. The van der Waals surface area contributed by atoms with Gasteiger partial charge in [-0.15, -0.1) is 11.3 Å². The second-order valence-electron chi connectivity index (χ2n) is 8.42. The van der Waals surface area contributed by atoms with Gasteiger partial charge in [0.15, 0.2) is 0 Å². The van der Waals surface area contributed by atoms with Crippen LogP contribution in [0, 0.1) is 0 Å². The minimum absolute atomic E-state index is 0.0167. The molecule has 7 heteroatoms. The Labute approximate surface area is 188 Å². The van der Waals surface area contributed by atoms with Crippen molar-refractivity contribution in [2.45, 2.75) is 38.6 Å². The van der Waals surface area contributed by atoms with Crippen molar-refractivity contribution in [2.24, 2.45) is 0 Å². The van der Waals surface area contributed by atoms with Gasteiger partial charge < -0.3 is 15.2 Å². The Morgan fingerprint density at radius 3 is 2.71 bits per heavy atom. The van der Waals surface area contributed by atoms with Crippen LogP contribution in [-0.2, 0) is 17.6 Å². The van der Waals surface area contributed by atoms with Gasteiger partial charge in [0.2, 0.25) is 5.91 Å². The van der Waals surface area contributed by atoms with E-state index in [1.54, 1.807) is 25.4 Å². The smallest absolute Gasteiger partial charge is 0.221 e. The zero-order chi connectivity index (χ0) is 21.8. The Balaban J connectivity index is 1.78. The molecule has 4 rings (SSSR count). The third-order valence-corrected chi connectivity index (χ3v) is 7.60. The number of hydrogen-bond acceptors (Lipinski definition) is 6. The lowest BCUT2D eigenvalue weighted by Crippen LogP contribution is -2.48. The van der Waals surface area contributed by atoms with E-state index in [1.165, 1.54) is 34.4 Å². The molecule has 2 N–H and O–H groups in total. The second-order valence-corrected chi connectivity index (χ2v) is 9.52. The molecule has 2 aliphatic rings. The molecule has 1 aromatic heterocycles. The molecule has 0 bridgehead atoms. The fourth-order valence-electron chi connectivity index (χ4n) is 4.89. The van der Waals surface area contributed by atoms with Crippen LogP contribution in [0.2, 0.25) is 0 Å². The third-order valence-electron chi connectivity index (χ3n) is 6.37. The Kier molecular flexibility index (Phi) is 7.27. The molecule has 1 aliphatic heterocycles. The van der Waals surface area contributed by atoms with Crippen LogP contribution in [0.4, 0.5) is 5.00 Å². The van der Waals surface area contributed by atoms with Gasteiger partial charge in [0.05, 0.1) is 19.8 Å². The van der Waals surface area contributed by atoms with Crippen molar-refractivity contribution < 1.29 is 14.6 Å². The maximum atomic E-state index is 12.1. The number of carbonyl (C=O) groups is 1. The predicted molar refractivity (Wildman–Crippen MR) is 125 cm³/mol. The summed E-state index contributed by atoms with van der Waals surface area (Å²) >= 11 is 1.76. The summed E-state index contributed by atoms with van der Waals surface area (Å²) in [6.45, 7) is 6.23. The molecule has 2 heterocycles. The van der Waals surface area contributed by atoms with E-state index >= 15 is 0 Å². The molecule has 1 saturated heterocycles. The number of amides is 1. The Bertz CT molecular complexity index is 905. The van der Waals surface area contributed by atoms with Crippen LogP contribution in [0.25, 0.3) is 0 Å². The maximum Gasteiger partial charge on any atom is 0.221 e. The molecule has 1 amide bonds. The number of thiophene rings is 1. The normalized spacial score (nSPS) is 18.4. The second kappa shape index (κ2) is 10.1. The highest BCUT2D eigenvalue weighted by Gasteiger charge is 2.33. The van der Waals surface area contributed by atoms with Crippen LogP contribution in [-0.4, -0.2) is 67.3 Å². The van der Waals surface area contributed by atoms with Crippen molar-refractivity contribution in [3.8, 4) is 5.75 Å². The van der Waals surface area contributed by atoms with Crippen molar-refractivity contribution in [3.05, 3.63) is 45.8 Å². The summed E-state index contributed by atoms with van der Waals surface area (Å²) in [4.78, 5) is 18.3. The number of rotatable bonds is 7. The number of methoxy groups -OCH3 is 1. The van der Waals surface area contributed by atoms with Crippen LogP contribution in [0.3, 0.4) is 0 Å². The topological polar surface area (TPSA) is 65.0 Å². The number of fused-ring (bicyclic) bond motifs is 1. The Hall–Kier alpha value is -1.93. The Morgan fingerprint density at radius 2 is 2.00 bits per heavy atom. The van der Waals surface area contributed by atoms with Gasteiger partial charge in [0, 0.05) is 50.1 Å². The molecule has 2 aromatic rings. The van der Waals surface area contributed by atoms with Crippen molar-refractivity contribution in [1.29, 1.82) is 0 Å². The van der Waals surface area contributed by atoms with E-state index < -0.39 is 0 Å². The predicted octanol–water partition coefficient (Wildman–Crippen LogP) is 3.29. The van der Waals surface area contributed by atoms with Gasteiger partial charge in [0.25, 0.3) is 0 Å². The number of aliphatic hydroxyl groups excluding tert-OH is 1. The minimum atomic E-state index is -0.0167. The van der Waals surface area contributed by atoms with Crippen LogP contribution in [0.1, 0.15) is 47.4 Å². The first-order valence-corrected chi connectivity index (χ1v) is 12.1. The number of carbonyl (C=O) groups excluding carboxylic acids is 1. The quantitative estimate of drug-likeness (QED) is 0.688. The lowest BCUT2D eigenvalue weighted by Gasteiger charge is -2.40. The lowest BCUT2D eigenvalue weighted by molar-refractivity contribution is -0.114. The summed E-state index contributed by atoms with van der Waals surface area (Å²) in [6.07, 6.45) is 4.59. The van der Waals surface area contributed by atoms with Gasteiger partial charge in [-0.25, -0.2) is 0 Å². The number of nitrogens with zero attached hydrogens (tertiary/aromatic N) is 2. The first-order chi connectivity index (χ1) is 15.1. The number of β-amino-alcohol motifs (C(OH)–C–C–N with tert-alkyl or cyclic N) is 1. The highest BCUT2D eigenvalue weighted by molar-refractivity contribution is 7.16. The van der Waals surface area contributed by atoms with Crippen LogP contribution < -0.4 is 10.1 Å². The number of aliphatic hydroxyl groups is 1. The number of piperazine rings is 1. The van der Waals surface area contributed by atoms with E-state index in [-0.39, 0.29) is 18.6 Å². The zero-order valence-corrected chi connectivity index (χ0v) is 19.3. The molecule has 1 aromatic carbocycles. The van der Waals surface area contributed by atoms with Gasteiger partial charge in [-0.1, -0.05) is 12.1 Å². The molecule has 1 aliphatic carbocycles. The van der Waals surface area contributed by atoms with E-state index in [1.807, 2.05) is 6.07 Å². The summed E-state index contributed by atoms with van der Waals surface area (Å²) in [7, 11) is 1.71. The molecule has 31 heavy (non-hydrogen) atoms. The van der Waals surface area contributed by atoms with Crippen LogP contribution in [0.15, 0.2) is 24.3 Å². The highest BCUT2D eigenvalue weighted by atomic mass is 32.1. The molecular weight excluding hydrogens is 410 g/mol. The molecule has 1 atom stereocenters. The number of hydrogen-bond donors (Lipinski definition) is 2. The monoisotopic (exact) mass is 443 g/mol. The maximum absolute atomic E-state index is 12.1. The van der Waals surface area contributed by atoms with Crippen LogP contribution >= 0.6 is 11.3 Å². The van der Waals surface area contributed by atoms with Crippen LogP contribution in [0.5, 0.6) is 5.75 Å². The van der Waals surface area contributed by atoms with E-state index in [0.29, 0.717) is 0 Å². The molecule has 168 valence electrons.